The summed E-state index contributed by atoms with van der Waals surface area (Å²) in [5.74, 6) is -2.00. The molecule has 2 aromatic rings. The Bertz CT molecular complexity index is 548. The lowest BCUT2D eigenvalue weighted by Gasteiger charge is -2.01. The topological polar surface area (TPSA) is 40.5 Å². The highest BCUT2D eigenvalue weighted by molar-refractivity contribution is 5.71. The summed E-state index contributed by atoms with van der Waals surface area (Å²) in [4.78, 5) is 0. The molecule has 0 amide bonds. The van der Waals surface area contributed by atoms with Crippen LogP contribution in [0.25, 0.3) is 12.2 Å². The number of phenolic OH excluding ortho intramolecular Hbond substituents is 2. The molecule has 86 valence electrons. The lowest BCUT2D eigenvalue weighted by atomic mass is 10.1. The molecule has 0 aliphatic heterocycles. The number of phenols is 2. The number of halogens is 1. The van der Waals surface area contributed by atoms with Crippen LogP contribution in [-0.2, 0) is 0 Å². The standard InChI is InChI=1S/C14H11FO2/c15-13-11(8-9-12(16)14(13)17)7-6-10-4-2-1-3-5-10/h1-9,16-17H. The summed E-state index contributed by atoms with van der Waals surface area (Å²) in [6.07, 6.45) is 3.28. The summed E-state index contributed by atoms with van der Waals surface area (Å²) < 4.78 is 13.5. The predicted molar refractivity (Wildman–Crippen MR) is 65.1 cm³/mol. The Morgan fingerprint density at radius 2 is 1.59 bits per heavy atom. The van der Waals surface area contributed by atoms with E-state index in [0.717, 1.165) is 5.56 Å². The lowest BCUT2D eigenvalue weighted by molar-refractivity contribution is 0.378. The van der Waals surface area contributed by atoms with E-state index >= 15 is 0 Å². The van der Waals surface area contributed by atoms with E-state index < -0.39 is 17.3 Å². The van der Waals surface area contributed by atoms with Crippen LogP contribution in [0.15, 0.2) is 42.5 Å². The molecule has 0 aliphatic carbocycles. The van der Waals surface area contributed by atoms with Crippen molar-refractivity contribution in [3.8, 4) is 11.5 Å². The quantitative estimate of drug-likeness (QED) is 0.613. The Morgan fingerprint density at radius 3 is 2.29 bits per heavy atom. The predicted octanol–water partition coefficient (Wildman–Crippen LogP) is 3.41. The van der Waals surface area contributed by atoms with Gasteiger partial charge >= 0.3 is 0 Å². The van der Waals surface area contributed by atoms with Crippen molar-refractivity contribution in [3.63, 3.8) is 0 Å². The van der Waals surface area contributed by atoms with Crippen LogP contribution in [-0.4, -0.2) is 10.2 Å². The first-order valence-electron chi connectivity index (χ1n) is 5.12. The van der Waals surface area contributed by atoms with Gasteiger partial charge in [0.1, 0.15) is 0 Å². The van der Waals surface area contributed by atoms with Crippen molar-refractivity contribution in [1.82, 2.24) is 0 Å². The Hall–Kier alpha value is -2.29. The highest BCUT2D eigenvalue weighted by Crippen LogP contribution is 2.30. The van der Waals surface area contributed by atoms with Crippen LogP contribution in [0.4, 0.5) is 4.39 Å². The Morgan fingerprint density at radius 1 is 0.882 bits per heavy atom. The van der Waals surface area contributed by atoms with Gasteiger partial charge < -0.3 is 10.2 Å². The summed E-state index contributed by atoms with van der Waals surface area (Å²) in [6, 6.07) is 12.1. The lowest BCUT2D eigenvalue weighted by Crippen LogP contribution is -1.83. The number of rotatable bonds is 2. The Balaban J connectivity index is 2.31. The third-order valence-electron chi connectivity index (χ3n) is 2.38. The summed E-state index contributed by atoms with van der Waals surface area (Å²) >= 11 is 0. The van der Waals surface area contributed by atoms with Gasteiger partial charge in [-0.15, -0.1) is 0 Å². The van der Waals surface area contributed by atoms with Gasteiger partial charge in [0.2, 0.25) is 0 Å². The minimum Gasteiger partial charge on any atom is -0.504 e. The van der Waals surface area contributed by atoms with Crippen LogP contribution in [0.5, 0.6) is 11.5 Å². The second-order valence-electron chi connectivity index (χ2n) is 3.58. The summed E-state index contributed by atoms with van der Waals surface area (Å²) in [6.45, 7) is 0. The van der Waals surface area contributed by atoms with Crippen LogP contribution < -0.4 is 0 Å². The average molecular weight is 230 g/mol. The molecule has 3 heteroatoms. The van der Waals surface area contributed by atoms with Gasteiger partial charge in [0.25, 0.3) is 0 Å². The summed E-state index contributed by atoms with van der Waals surface area (Å²) in [5, 5.41) is 18.3. The van der Waals surface area contributed by atoms with E-state index in [1.54, 1.807) is 12.2 Å². The molecule has 0 spiro atoms. The monoisotopic (exact) mass is 230 g/mol. The molecule has 0 unspecified atom stereocenters. The fourth-order valence-electron chi connectivity index (χ4n) is 1.45. The number of benzene rings is 2. The normalized spacial score (nSPS) is 10.9. The molecule has 0 aliphatic rings. The molecule has 0 aromatic heterocycles. The zero-order chi connectivity index (χ0) is 12.3. The molecule has 2 rings (SSSR count). The smallest absolute Gasteiger partial charge is 0.194 e. The molecule has 0 saturated carbocycles. The van der Waals surface area contributed by atoms with Gasteiger partial charge in [-0.1, -0.05) is 42.5 Å². The van der Waals surface area contributed by atoms with Crippen molar-refractivity contribution >= 4 is 12.2 Å². The largest absolute Gasteiger partial charge is 0.504 e. The Kier molecular flexibility index (Phi) is 3.10. The highest BCUT2D eigenvalue weighted by atomic mass is 19.1. The zero-order valence-corrected chi connectivity index (χ0v) is 8.97. The third kappa shape index (κ3) is 2.45. The van der Waals surface area contributed by atoms with Gasteiger partial charge in [0.05, 0.1) is 0 Å². The van der Waals surface area contributed by atoms with Crippen LogP contribution in [0.3, 0.4) is 0 Å². The van der Waals surface area contributed by atoms with Gasteiger partial charge in [-0.2, -0.15) is 0 Å². The van der Waals surface area contributed by atoms with Crippen LogP contribution in [0.2, 0.25) is 0 Å². The SMILES string of the molecule is Oc1ccc(C=Cc2ccccc2)c(F)c1O. The minimum atomic E-state index is -0.822. The van der Waals surface area contributed by atoms with Crippen LogP contribution in [0, 0.1) is 5.82 Å². The second kappa shape index (κ2) is 4.70. The number of aromatic hydroxyl groups is 2. The van der Waals surface area contributed by atoms with E-state index in [1.807, 2.05) is 30.3 Å². The van der Waals surface area contributed by atoms with Gasteiger partial charge in [0.15, 0.2) is 17.3 Å². The minimum absolute atomic E-state index is 0.226. The maximum Gasteiger partial charge on any atom is 0.194 e. The van der Waals surface area contributed by atoms with Gasteiger partial charge in [-0.05, 0) is 17.7 Å². The number of hydrogen-bond donors (Lipinski definition) is 2. The molecule has 0 saturated heterocycles. The maximum absolute atomic E-state index is 13.5. The van der Waals surface area contributed by atoms with E-state index in [4.69, 9.17) is 5.11 Å². The zero-order valence-electron chi connectivity index (χ0n) is 8.97. The molecule has 0 atom stereocenters. The fourth-order valence-corrected chi connectivity index (χ4v) is 1.45. The maximum atomic E-state index is 13.5. The average Bonchev–Trinajstić information content (AvgIpc) is 2.36. The molecular formula is C14H11FO2. The van der Waals surface area contributed by atoms with Gasteiger partial charge in [0, 0.05) is 5.56 Å². The molecule has 0 fully saturated rings. The molecule has 2 aromatic carbocycles. The van der Waals surface area contributed by atoms with Crippen LogP contribution >= 0.6 is 0 Å². The first-order valence-corrected chi connectivity index (χ1v) is 5.12. The van der Waals surface area contributed by atoms with Crippen molar-refractivity contribution in [3.05, 3.63) is 59.4 Å². The van der Waals surface area contributed by atoms with Gasteiger partial charge in [-0.25, -0.2) is 4.39 Å². The van der Waals surface area contributed by atoms with E-state index in [2.05, 4.69) is 0 Å². The third-order valence-corrected chi connectivity index (χ3v) is 2.38. The molecular weight excluding hydrogens is 219 g/mol. The summed E-state index contributed by atoms with van der Waals surface area (Å²) in [5.41, 5.74) is 1.16. The first-order chi connectivity index (χ1) is 8.18. The molecule has 2 nitrogen and oxygen atoms in total. The van der Waals surface area contributed by atoms with E-state index in [9.17, 15) is 9.50 Å². The summed E-state index contributed by atoms with van der Waals surface area (Å²) in [7, 11) is 0. The Labute approximate surface area is 98.3 Å². The number of hydrogen-bond acceptors (Lipinski definition) is 2. The van der Waals surface area contributed by atoms with Crippen molar-refractivity contribution < 1.29 is 14.6 Å². The molecule has 0 heterocycles. The molecule has 17 heavy (non-hydrogen) atoms. The van der Waals surface area contributed by atoms with Crippen molar-refractivity contribution in [1.29, 1.82) is 0 Å². The molecule has 2 N–H and O–H groups in total. The molecule has 0 bridgehead atoms. The van der Waals surface area contributed by atoms with Crippen molar-refractivity contribution in [2.75, 3.05) is 0 Å². The van der Waals surface area contributed by atoms with Crippen molar-refractivity contribution in [2.45, 2.75) is 0 Å². The van der Waals surface area contributed by atoms with E-state index in [0.29, 0.717) is 0 Å². The fraction of sp³-hybridized carbons (Fsp3) is 0. The first kappa shape index (κ1) is 11.2. The van der Waals surface area contributed by atoms with Crippen molar-refractivity contribution in [2.24, 2.45) is 0 Å². The van der Waals surface area contributed by atoms with Crippen LogP contribution in [0.1, 0.15) is 11.1 Å². The van der Waals surface area contributed by atoms with Gasteiger partial charge in [-0.3, -0.25) is 0 Å². The molecule has 0 radical (unpaired) electrons. The van der Waals surface area contributed by atoms with E-state index in [-0.39, 0.29) is 5.56 Å². The van der Waals surface area contributed by atoms with E-state index in [1.165, 1.54) is 12.1 Å². The second-order valence-corrected chi connectivity index (χ2v) is 3.58. The highest BCUT2D eigenvalue weighted by Gasteiger charge is 2.09.